The van der Waals surface area contributed by atoms with Crippen LogP contribution >= 0.6 is 22.7 Å². The minimum atomic E-state index is -0.285. The van der Waals surface area contributed by atoms with Crippen molar-refractivity contribution in [1.82, 2.24) is 9.97 Å². The fourth-order valence-electron chi connectivity index (χ4n) is 2.68. The fraction of sp³-hybridized carbons (Fsp3) is 0.562. The van der Waals surface area contributed by atoms with E-state index in [1.165, 1.54) is 41.2 Å². The molecule has 2 aromatic rings. The van der Waals surface area contributed by atoms with E-state index in [0.717, 1.165) is 28.8 Å². The van der Waals surface area contributed by atoms with Crippen LogP contribution in [0.4, 0.5) is 5.13 Å². The van der Waals surface area contributed by atoms with Gasteiger partial charge in [-0.05, 0) is 39.5 Å². The highest BCUT2D eigenvalue weighted by molar-refractivity contribution is 7.17. The summed E-state index contributed by atoms with van der Waals surface area (Å²) in [6.07, 6.45) is 4.80. The van der Waals surface area contributed by atoms with Gasteiger partial charge in [0.2, 0.25) is 0 Å². The van der Waals surface area contributed by atoms with E-state index in [4.69, 9.17) is 9.72 Å². The second-order valence-electron chi connectivity index (χ2n) is 5.67. The monoisotopic (exact) mass is 351 g/mol. The lowest BCUT2D eigenvalue weighted by molar-refractivity contribution is 0.0531. The van der Waals surface area contributed by atoms with Gasteiger partial charge in [-0.25, -0.2) is 14.8 Å². The van der Waals surface area contributed by atoms with E-state index < -0.39 is 0 Å². The number of carbonyl (C=O) groups is 1. The maximum absolute atomic E-state index is 11.9. The minimum absolute atomic E-state index is 0.285. The number of fused-ring (bicyclic) bond motifs is 1. The first-order valence-corrected chi connectivity index (χ1v) is 9.55. The Morgan fingerprint density at radius 3 is 2.78 bits per heavy atom. The molecule has 0 spiro atoms. The number of carbonyl (C=O) groups excluding carboxylic acids is 1. The molecular weight excluding hydrogens is 330 g/mol. The maximum atomic E-state index is 11.9. The molecular formula is C16H21N3O2S2. The van der Waals surface area contributed by atoms with E-state index in [1.807, 2.05) is 32.2 Å². The Morgan fingerprint density at radius 2 is 2.04 bits per heavy atom. The zero-order chi connectivity index (χ0) is 16.4. The van der Waals surface area contributed by atoms with Gasteiger partial charge in [0.25, 0.3) is 0 Å². The molecule has 2 heterocycles. The lowest BCUT2D eigenvalue weighted by Crippen LogP contribution is -2.16. The summed E-state index contributed by atoms with van der Waals surface area (Å²) in [5, 5.41) is 1.96. The number of nitrogens with zero attached hydrogens (tertiary/aromatic N) is 3. The molecule has 0 atom stereocenters. The van der Waals surface area contributed by atoms with Crippen LogP contribution in [0.25, 0.3) is 0 Å². The van der Waals surface area contributed by atoms with Crippen LogP contribution in [0.5, 0.6) is 0 Å². The van der Waals surface area contributed by atoms with Gasteiger partial charge in [0.1, 0.15) is 9.88 Å². The van der Waals surface area contributed by atoms with Crippen molar-refractivity contribution in [2.75, 3.05) is 18.6 Å². The van der Waals surface area contributed by atoms with Crippen molar-refractivity contribution in [3.05, 3.63) is 26.1 Å². The highest BCUT2D eigenvalue weighted by atomic mass is 32.1. The van der Waals surface area contributed by atoms with Crippen molar-refractivity contribution in [3.63, 3.8) is 0 Å². The summed E-state index contributed by atoms with van der Waals surface area (Å²) < 4.78 is 5.08. The van der Waals surface area contributed by atoms with Gasteiger partial charge < -0.3 is 9.64 Å². The molecule has 3 rings (SSSR count). The van der Waals surface area contributed by atoms with Crippen molar-refractivity contribution in [2.24, 2.45) is 0 Å². The van der Waals surface area contributed by atoms with E-state index in [0.29, 0.717) is 11.5 Å². The molecule has 124 valence electrons. The highest BCUT2D eigenvalue weighted by Crippen LogP contribution is 2.30. The number of aromatic nitrogens is 2. The molecule has 1 aliphatic carbocycles. The third-order valence-electron chi connectivity index (χ3n) is 3.84. The number of hydrogen-bond acceptors (Lipinski definition) is 7. The summed E-state index contributed by atoms with van der Waals surface area (Å²) in [5.41, 5.74) is 2.01. The van der Waals surface area contributed by atoms with Crippen LogP contribution in [0, 0.1) is 6.92 Å². The van der Waals surface area contributed by atoms with Crippen LogP contribution in [-0.2, 0) is 24.1 Å². The SMILES string of the molecule is CCOC(=O)c1sc(N(C)Cc2nc3c(s2)CCCC3)nc1C. The second-order valence-corrected chi connectivity index (χ2v) is 7.82. The molecule has 0 amide bonds. The Bertz CT molecular complexity index is 685. The molecule has 0 fully saturated rings. The molecule has 0 aliphatic heterocycles. The number of hydrogen-bond donors (Lipinski definition) is 0. The standard InChI is InChI=1S/C16H21N3O2S2/c1-4-21-15(20)14-10(2)17-16(23-14)19(3)9-13-18-11-7-5-6-8-12(11)22-13/h4-9H2,1-3H3. The minimum Gasteiger partial charge on any atom is -0.462 e. The number of aryl methyl sites for hydroxylation is 3. The van der Waals surface area contributed by atoms with Crippen LogP contribution in [-0.4, -0.2) is 29.6 Å². The van der Waals surface area contributed by atoms with Crippen LogP contribution in [0.3, 0.4) is 0 Å². The normalized spacial score (nSPS) is 13.7. The molecule has 0 saturated carbocycles. The summed E-state index contributed by atoms with van der Waals surface area (Å²) in [7, 11) is 1.99. The smallest absolute Gasteiger partial charge is 0.350 e. The predicted molar refractivity (Wildman–Crippen MR) is 93.7 cm³/mol. The Hall–Kier alpha value is -1.47. The van der Waals surface area contributed by atoms with Gasteiger partial charge in [0.15, 0.2) is 5.13 Å². The van der Waals surface area contributed by atoms with Crippen molar-refractivity contribution in [2.45, 2.75) is 46.1 Å². The highest BCUT2D eigenvalue weighted by Gasteiger charge is 2.20. The molecule has 0 saturated heterocycles. The Kier molecular flexibility index (Phi) is 4.96. The lowest BCUT2D eigenvalue weighted by atomic mass is 10.0. The van der Waals surface area contributed by atoms with Gasteiger partial charge in [0.05, 0.1) is 24.5 Å². The number of ether oxygens (including phenoxy) is 1. The summed E-state index contributed by atoms with van der Waals surface area (Å²) in [6.45, 7) is 4.77. The Balaban J connectivity index is 1.73. The summed E-state index contributed by atoms with van der Waals surface area (Å²) >= 11 is 3.20. The average molecular weight is 351 g/mol. The second kappa shape index (κ2) is 6.97. The van der Waals surface area contributed by atoms with Gasteiger partial charge in [-0.2, -0.15) is 0 Å². The molecule has 0 radical (unpaired) electrons. The van der Waals surface area contributed by atoms with Gasteiger partial charge in [0, 0.05) is 11.9 Å². The van der Waals surface area contributed by atoms with Crippen molar-refractivity contribution in [1.29, 1.82) is 0 Å². The molecule has 23 heavy (non-hydrogen) atoms. The average Bonchev–Trinajstić information content (AvgIpc) is 3.10. The molecule has 5 nitrogen and oxygen atoms in total. The molecule has 1 aliphatic rings. The van der Waals surface area contributed by atoms with Gasteiger partial charge >= 0.3 is 5.97 Å². The third-order valence-corrected chi connectivity index (χ3v) is 6.23. The Morgan fingerprint density at radius 1 is 1.26 bits per heavy atom. The molecule has 0 aromatic carbocycles. The van der Waals surface area contributed by atoms with Gasteiger partial charge in [-0.1, -0.05) is 11.3 Å². The van der Waals surface area contributed by atoms with Crippen molar-refractivity contribution >= 4 is 33.8 Å². The van der Waals surface area contributed by atoms with E-state index in [9.17, 15) is 4.79 Å². The first-order valence-electron chi connectivity index (χ1n) is 7.91. The molecule has 7 heteroatoms. The van der Waals surface area contributed by atoms with E-state index in [-0.39, 0.29) is 5.97 Å². The molecule has 0 bridgehead atoms. The van der Waals surface area contributed by atoms with Crippen molar-refractivity contribution < 1.29 is 9.53 Å². The summed E-state index contributed by atoms with van der Waals surface area (Å²) in [4.78, 5) is 25.3. The lowest BCUT2D eigenvalue weighted by Gasteiger charge is -2.13. The summed E-state index contributed by atoms with van der Waals surface area (Å²) in [6, 6.07) is 0. The third kappa shape index (κ3) is 3.55. The molecule has 0 N–H and O–H groups in total. The van der Waals surface area contributed by atoms with Crippen LogP contribution in [0.15, 0.2) is 0 Å². The first-order chi connectivity index (χ1) is 11.1. The summed E-state index contributed by atoms with van der Waals surface area (Å²) in [5.74, 6) is -0.285. The van der Waals surface area contributed by atoms with Crippen LogP contribution < -0.4 is 4.90 Å². The number of anilines is 1. The zero-order valence-electron chi connectivity index (χ0n) is 13.7. The van der Waals surface area contributed by atoms with Crippen LogP contribution in [0.2, 0.25) is 0 Å². The maximum Gasteiger partial charge on any atom is 0.350 e. The quantitative estimate of drug-likeness (QED) is 0.771. The van der Waals surface area contributed by atoms with Crippen LogP contribution in [0.1, 0.15) is 50.7 Å². The van der Waals surface area contributed by atoms with Crippen molar-refractivity contribution in [3.8, 4) is 0 Å². The number of esters is 1. The molecule has 2 aromatic heterocycles. The van der Waals surface area contributed by atoms with E-state index in [1.54, 1.807) is 0 Å². The fourth-order valence-corrected chi connectivity index (χ4v) is 4.81. The predicted octanol–water partition coefficient (Wildman–Crippen LogP) is 3.60. The van der Waals surface area contributed by atoms with Gasteiger partial charge in [-0.15, -0.1) is 11.3 Å². The first kappa shape index (κ1) is 16.4. The topological polar surface area (TPSA) is 55.3 Å². The van der Waals surface area contributed by atoms with Gasteiger partial charge in [-0.3, -0.25) is 0 Å². The molecule has 0 unspecified atom stereocenters. The zero-order valence-corrected chi connectivity index (χ0v) is 15.4. The number of thiazole rings is 2. The van der Waals surface area contributed by atoms with E-state index in [2.05, 4.69) is 9.88 Å². The number of rotatable bonds is 5. The van der Waals surface area contributed by atoms with E-state index >= 15 is 0 Å². The largest absolute Gasteiger partial charge is 0.462 e. The Labute approximate surface area is 144 Å².